The van der Waals surface area contributed by atoms with Crippen LogP contribution in [-0.4, -0.2) is 9.38 Å². The molecule has 2 rings (SSSR count). The van der Waals surface area contributed by atoms with Crippen LogP contribution in [0.25, 0.3) is 11.7 Å². The van der Waals surface area contributed by atoms with Crippen molar-refractivity contribution in [2.45, 2.75) is 13.8 Å². The highest BCUT2D eigenvalue weighted by molar-refractivity contribution is 5.52. The minimum absolute atomic E-state index is 0.00583. The number of nitrogens with zero attached hydrogens (tertiary/aromatic N) is 2. The van der Waals surface area contributed by atoms with E-state index in [4.69, 9.17) is 0 Å². The molecule has 0 amide bonds. The normalized spacial score (nSPS) is 11.3. The zero-order valence-electron chi connectivity index (χ0n) is 8.77. The molecule has 0 aliphatic carbocycles. The van der Waals surface area contributed by atoms with E-state index in [1.807, 2.05) is 37.3 Å². The standard InChI is InChI=1S/C12H12N2O/c1-3-6-10-9(2)12(15)14-8-5-4-7-11(14)13-10/h3-8H,1-2H3/b6-3+. The first-order valence-electron chi connectivity index (χ1n) is 4.84. The maximum atomic E-state index is 11.9. The lowest BCUT2D eigenvalue weighted by Crippen LogP contribution is -2.18. The van der Waals surface area contributed by atoms with Crippen LogP contribution in [-0.2, 0) is 0 Å². The van der Waals surface area contributed by atoms with Crippen molar-refractivity contribution < 1.29 is 0 Å². The molecule has 0 aliphatic rings. The highest BCUT2D eigenvalue weighted by Gasteiger charge is 2.04. The number of rotatable bonds is 1. The van der Waals surface area contributed by atoms with Gasteiger partial charge in [0.15, 0.2) is 0 Å². The van der Waals surface area contributed by atoms with Crippen LogP contribution in [0.4, 0.5) is 0 Å². The number of hydrogen-bond donors (Lipinski definition) is 0. The number of hydrogen-bond acceptors (Lipinski definition) is 2. The van der Waals surface area contributed by atoms with Gasteiger partial charge in [-0.05, 0) is 32.1 Å². The van der Waals surface area contributed by atoms with Crippen LogP contribution in [0, 0.1) is 6.92 Å². The van der Waals surface area contributed by atoms with Crippen molar-refractivity contribution in [3.05, 3.63) is 52.1 Å². The molecule has 2 aromatic heterocycles. The van der Waals surface area contributed by atoms with Gasteiger partial charge in [0.2, 0.25) is 0 Å². The SMILES string of the molecule is C/C=C/c1nc2ccccn2c(=O)c1C. The van der Waals surface area contributed by atoms with Gasteiger partial charge in [-0.2, -0.15) is 0 Å². The third kappa shape index (κ3) is 1.56. The van der Waals surface area contributed by atoms with Gasteiger partial charge >= 0.3 is 0 Å². The average Bonchev–Trinajstić information content (AvgIpc) is 2.26. The van der Waals surface area contributed by atoms with E-state index in [1.165, 1.54) is 0 Å². The van der Waals surface area contributed by atoms with E-state index in [0.717, 1.165) is 5.69 Å². The summed E-state index contributed by atoms with van der Waals surface area (Å²) in [5.41, 5.74) is 2.10. The van der Waals surface area contributed by atoms with Gasteiger partial charge in [-0.1, -0.05) is 12.1 Å². The van der Waals surface area contributed by atoms with Crippen LogP contribution in [0.2, 0.25) is 0 Å². The fraction of sp³-hybridized carbons (Fsp3) is 0.167. The largest absolute Gasteiger partial charge is 0.269 e. The minimum atomic E-state index is -0.00583. The molecule has 0 spiro atoms. The van der Waals surface area contributed by atoms with Crippen LogP contribution in [0.3, 0.4) is 0 Å². The first-order valence-corrected chi connectivity index (χ1v) is 4.84. The average molecular weight is 200 g/mol. The first-order chi connectivity index (χ1) is 7.24. The summed E-state index contributed by atoms with van der Waals surface area (Å²) in [6, 6.07) is 5.52. The van der Waals surface area contributed by atoms with E-state index in [1.54, 1.807) is 17.5 Å². The maximum Gasteiger partial charge on any atom is 0.261 e. The van der Waals surface area contributed by atoms with E-state index in [9.17, 15) is 4.79 Å². The minimum Gasteiger partial charge on any atom is -0.269 e. The lowest BCUT2D eigenvalue weighted by molar-refractivity contribution is 1.01. The molecule has 0 atom stereocenters. The Morgan fingerprint density at radius 1 is 1.40 bits per heavy atom. The molecule has 0 fully saturated rings. The third-order valence-corrected chi connectivity index (χ3v) is 2.32. The Hall–Kier alpha value is -1.90. The van der Waals surface area contributed by atoms with Gasteiger partial charge in [0.25, 0.3) is 5.56 Å². The summed E-state index contributed by atoms with van der Waals surface area (Å²) in [6.45, 7) is 3.71. The van der Waals surface area contributed by atoms with Crippen LogP contribution in [0.5, 0.6) is 0 Å². The molecule has 2 heterocycles. The van der Waals surface area contributed by atoms with Crippen molar-refractivity contribution in [2.24, 2.45) is 0 Å². The molecule has 0 unspecified atom stereocenters. The van der Waals surface area contributed by atoms with Crippen LogP contribution < -0.4 is 5.56 Å². The molecule has 0 saturated carbocycles. The Balaban J connectivity index is 2.88. The Kier molecular flexibility index (Phi) is 2.37. The third-order valence-electron chi connectivity index (χ3n) is 2.32. The summed E-state index contributed by atoms with van der Waals surface area (Å²) in [6.07, 6.45) is 5.47. The lowest BCUT2D eigenvalue weighted by Gasteiger charge is -2.03. The predicted molar refractivity (Wildman–Crippen MR) is 60.9 cm³/mol. The van der Waals surface area contributed by atoms with Crippen LogP contribution in [0.15, 0.2) is 35.3 Å². The molecular formula is C12H12N2O. The van der Waals surface area contributed by atoms with Crippen molar-refractivity contribution in [3.8, 4) is 0 Å². The summed E-state index contributed by atoms with van der Waals surface area (Å²) in [5, 5.41) is 0. The van der Waals surface area contributed by atoms with Gasteiger partial charge in [-0.3, -0.25) is 9.20 Å². The molecule has 2 aromatic rings. The van der Waals surface area contributed by atoms with E-state index < -0.39 is 0 Å². The summed E-state index contributed by atoms with van der Waals surface area (Å²) in [5.74, 6) is 0. The van der Waals surface area contributed by atoms with E-state index >= 15 is 0 Å². The van der Waals surface area contributed by atoms with E-state index in [-0.39, 0.29) is 5.56 Å². The fourth-order valence-electron chi connectivity index (χ4n) is 1.51. The molecule has 0 bridgehead atoms. The molecule has 76 valence electrons. The summed E-state index contributed by atoms with van der Waals surface area (Å²) >= 11 is 0. The van der Waals surface area contributed by atoms with Crippen molar-refractivity contribution in [1.29, 1.82) is 0 Å². The number of aromatic nitrogens is 2. The second-order valence-electron chi connectivity index (χ2n) is 3.36. The van der Waals surface area contributed by atoms with Gasteiger partial charge < -0.3 is 0 Å². The van der Waals surface area contributed by atoms with E-state index in [2.05, 4.69) is 4.98 Å². The van der Waals surface area contributed by atoms with Gasteiger partial charge in [0, 0.05) is 11.8 Å². The van der Waals surface area contributed by atoms with Gasteiger partial charge in [0.1, 0.15) is 5.65 Å². The summed E-state index contributed by atoms with van der Waals surface area (Å²) in [4.78, 5) is 16.3. The second-order valence-corrected chi connectivity index (χ2v) is 3.36. The molecule has 0 N–H and O–H groups in total. The summed E-state index contributed by atoms with van der Waals surface area (Å²) < 4.78 is 1.56. The highest BCUT2D eigenvalue weighted by atomic mass is 16.1. The molecule has 0 aromatic carbocycles. The number of pyridine rings is 1. The summed E-state index contributed by atoms with van der Waals surface area (Å²) in [7, 11) is 0. The van der Waals surface area contributed by atoms with Crippen LogP contribution >= 0.6 is 0 Å². The fourth-order valence-corrected chi connectivity index (χ4v) is 1.51. The Morgan fingerprint density at radius 2 is 2.20 bits per heavy atom. The zero-order valence-corrected chi connectivity index (χ0v) is 8.77. The monoisotopic (exact) mass is 200 g/mol. The number of fused-ring (bicyclic) bond motifs is 1. The smallest absolute Gasteiger partial charge is 0.261 e. The maximum absolute atomic E-state index is 11.9. The molecular weight excluding hydrogens is 188 g/mol. The Morgan fingerprint density at radius 3 is 2.93 bits per heavy atom. The topological polar surface area (TPSA) is 34.4 Å². The molecule has 0 aliphatic heterocycles. The molecule has 0 radical (unpaired) electrons. The first kappa shape index (κ1) is 9.65. The van der Waals surface area contributed by atoms with Crippen molar-refractivity contribution >= 4 is 11.7 Å². The van der Waals surface area contributed by atoms with E-state index in [0.29, 0.717) is 11.2 Å². The van der Waals surface area contributed by atoms with Crippen molar-refractivity contribution in [1.82, 2.24) is 9.38 Å². The van der Waals surface area contributed by atoms with Crippen LogP contribution in [0.1, 0.15) is 18.2 Å². The van der Waals surface area contributed by atoms with Gasteiger partial charge in [0.05, 0.1) is 5.69 Å². The van der Waals surface area contributed by atoms with Gasteiger partial charge in [-0.25, -0.2) is 4.98 Å². The van der Waals surface area contributed by atoms with Crippen molar-refractivity contribution in [2.75, 3.05) is 0 Å². The lowest BCUT2D eigenvalue weighted by atomic mass is 10.2. The second kappa shape index (κ2) is 3.69. The predicted octanol–water partition coefficient (Wildman–Crippen LogP) is 2.04. The molecule has 0 saturated heterocycles. The molecule has 15 heavy (non-hydrogen) atoms. The Bertz CT molecular complexity index is 582. The van der Waals surface area contributed by atoms with Gasteiger partial charge in [-0.15, -0.1) is 0 Å². The quantitative estimate of drug-likeness (QED) is 0.706. The highest BCUT2D eigenvalue weighted by Crippen LogP contribution is 2.05. The molecule has 3 nitrogen and oxygen atoms in total. The molecule has 3 heteroatoms. The zero-order chi connectivity index (χ0) is 10.8. The Labute approximate surface area is 87.7 Å². The van der Waals surface area contributed by atoms with Crippen molar-refractivity contribution in [3.63, 3.8) is 0 Å². The number of allylic oxidation sites excluding steroid dienone is 1.